The number of benzene rings is 1. The summed E-state index contributed by atoms with van der Waals surface area (Å²) in [5, 5.41) is 16.6. The molecule has 0 amide bonds. The number of aliphatic hydroxyl groups is 1. The molecule has 2 unspecified atom stereocenters. The van der Waals surface area contributed by atoms with Gasteiger partial charge in [0.15, 0.2) is 0 Å². The highest BCUT2D eigenvalue weighted by Gasteiger charge is 2.37. The molecule has 2 aromatic rings. The largest absolute Gasteiger partial charge is 0.394 e. The van der Waals surface area contributed by atoms with Crippen molar-refractivity contribution in [3.05, 3.63) is 51.5 Å². The normalized spacial score (nSPS) is 21.8. The molecule has 0 bridgehead atoms. The first-order valence-electron chi connectivity index (χ1n) is 7.60. The topological polar surface area (TPSA) is 54.4 Å². The number of nitrogens with zero attached hydrogens (tertiary/aromatic N) is 1. The second kappa shape index (κ2) is 6.46. The minimum absolute atomic E-state index is 0.0257. The smallest absolute Gasteiger partial charge is 0.122 e. The predicted molar refractivity (Wildman–Crippen MR) is 87.9 cm³/mol. The number of ether oxygens (including phenoxy) is 1. The van der Waals surface area contributed by atoms with Crippen molar-refractivity contribution in [2.75, 3.05) is 13.7 Å². The number of hydrogen-bond acceptors (Lipinski definition) is 5. The van der Waals surface area contributed by atoms with E-state index in [9.17, 15) is 5.11 Å². The minimum Gasteiger partial charge on any atom is -0.394 e. The van der Waals surface area contributed by atoms with Gasteiger partial charge in [-0.2, -0.15) is 0 Å². The Kier molecular flexibility index (Phi) is 4.59. The van der Waals surface area contributed by atoms with Gasteiger partial charge in [0.1, 0.15) is 11.1 Å². The third kappa shape index (κ3) is 2.82. The molecular formula is C17H22N2O2S. The van der Waals surface area contributed by atoms with Crippen LogP contribution in [-0.4, -0.2) is 23.8 Å². The number of methoxy groups -OCH3 is 1. The van der Waals surface area contributed by atoms with Gasteiger partial charge in [0.2, 0.25) is 0 Å². The Morgan fingerprint density at radius 1 is 1.45 bits per heavy atom. The summed E-state index contributed by atoms with van der Waals surface area (Å²) in [6.45, 7) is 2.76. The number of rotatable bonds is 6. The predicted octanol–water partition coefficient (Wildman–Crippen LogP) is 2.77. The summed E-state index contributed by atoms with van der Waals surface area (Å²) in [4.78, 5) is 4.61. The van der Waals surface area contributed by atoms with Gasteiger partial charge in [-0.25, -0.2) is 4.98 Å². The summed E-state index contributed by atoms with van der Waals surface area (Å²) in [7, 11) is 1.69. The number of aromatic nitrogens is 1. The number of thiazole rings is 1. The van der Waals surface area contributed by atoms with Gasteiger partial charge in [-0.3, -0.25) is 5.32 Å². The fraction of sp³-hybridized carbons (Fsp3) is 0.471. The van der Waals surface area contributed by atoms with Gasteiger partial charge in [0.05, 0.1) is 17.8 Å². The van der Waals surface area contributed by atoms with Crippen molar-refractivity contribution in [3.63, 3.8) is 0 Å². The Morgan fingerprint density at radius 3 is 3.05 bits per heavy atom. The van der Waals surface area contributed by atoms with Crippen molar-refractivity contribution in [2.45, 2.75) is 38.0 Å². The second-order valence-corrected chi connectivity index (χ2v) is 6.70. The van der Waals surface area contributed by atoms with Crippen LogP contribution >= 0.6 is 11.3 Å². The molecule has 2 N–H and O–H groups in total. The van der Waals surface area contributed by atoms with Crippen molar-refractivity contribution < 1.29 is 9.84 Å². The molecule has 22 heavy (non-hydrogen) atoms. The average Bonchev–Trinajstić information content (AvgIpc) is 3.18. The van der Waals surface area contributed by atoms with Crippen LogP contribution < -0.4 is 5.32 Å². The molecule has 1 aromatic heterocycles. The van der Waals surface area contributed by atoms with Gasteiger partial charge in [-0.15, -0.1) is 11.3 Å². The first-order valence-corrected chi connectivity index (χ1v) is 8.48. The van der Waals surface area contributed by atoms with Crippen LogP contribution in [-0.2, 0) is 23.2 Å². The summed E-state index contributed by atoms with van der Waals surface area (Å²) in [5.74, 6) is 0. The van der Waals surface area contributed by atoms with Crippen LogP contribution in [0.5, 0.6) is 0 Å². The Morgan fingerprint density at radius 2 is 2.27 bits per heavy atom. The molecule has 1 aromatic carbocycles. The lowest BCUT2D eigenvalue weighted by atomic mass is 9.92. The van der Waals surface area contributed by atoms with Crippen LogP contribution in [0.4, 0.5) is 0 Å². The highest BCUT2D eigenvalue weighted by Crippen LogP contribution is 2.36. The number of nitrogens with one attached hydrogen (secondary N) is 1. The maximum absolute atomic E-state index is 9.97. The molecule has 0 fully saturated rings. The fourth-order valence-electron chi connectivity index (χ4n) is 3.04. The molecule has 1 heterocycles. The molecule has 2 atom stereocenters. The first-order chi connectivity index (χ1) is 10.7. The van der Waals surface area contributed by atoms with E-state index < -0.39 is 0 Å². The Balaban J connectivity index is 1.74. The van der Waals surface area contributed by atoms with Gasteiger partial charge in [0.25, 0.3) is 0 Å². The summed E-state index contributed by atoms with van der Waals surface area (Å²) in [6.07, 6.45) is 1.96. The van der Waals surface area contributed by atoms with Crippen molar-refractivity contribution in [1.29, 1.82) is 0 Å². The van der Waals surface area contributed by atoms with Gasteiger partial charge in [-0.05, 0) is 30.9 Å². The molecule has 0 radical (unpaired) electrons. The quantitative estimate of drug-likeness (QED) is 0.860. The van der Waals surface area contributed by atoms with Gasteiger partial charge < -0.3 is 9.84 Å². The van der Waals surface area contributed by atoms with Gasteiger partial charge >= 0.3 is 0 Å². The Hall–Kier alpha value is -1.27. The number of hydrogen-bond donors (Lipinski definition) is 2. The fourth-order valence-corrected chi connectivity index (χ4v) is 3.89. The molecule has 0 spiro atoms. The highest BCUT2D eigenvalue weighted by molar-refractivity contribution is 7.09. The Bertz CT molecular complexity index is 643. The molecule has 118 valence electrons. The van der Waals surface area contributed by atoms with Crippen LogP contribution in [0, 0.1) is 0 Å². The van der Waals surface area contributed by atoms with E-state index in [4.69, 9.17) is 4.74 Å². The summed E-state index contributed by atoms with van der Waals surface area (Å²) >= 11 is 1.62. The van der Waals surface area contributed by atoms with E-state index in [1.165, 1.54) is 11.1 Å². The third-order valence-electron chi connectivity index (χ3n) is 4.50. The molecule has 0 aliphatic heterocycles. The first kappa shape index (κ1) is 15.6. The molecule has 1 aliphatic rings. The molecule has 0 saturated carbocycles. The van der Waals surface area contributed by atoms with E-state index in [1.807, 2.05) is 13.0 Å². The SMILES string of the molecule is COC(C)c1nc(CNC2(CO)CCc3ccccc32)cs1. The van der Waals surface area contributed by atoms with Crippen molar-refractivity contribution >= 4 is 11.3 Å². The number of fused-ring (bicyclic) bond motifs is 1. The van der Waals surface area contributed by atoms with E-state index in [0.717, 1.165) is 23.5 Å². The lowest BCUT2D eigenvalue weighted by molar-refractivity contribution is 0.119. The maximum Gasteiger partial charge on any atom is 0.122 e. The second-order valence-electron chi connectivity index (χ2n) is 5.81. The van der Waals surface area contributed by atoms with E-state index in [-0.39, 0.29) is 18.2 Å². The summed E-state index contributed by atoms with van der Waals surface area (Å²) < 4.78 is 5.30. The van der Waals surface area contributed by atoms with Crippen molar-refractivity contribution in [2.24, 2.45) is 0 Å². The van der Waals surface area contributed by atoms with Crippen LogP contribution in [0.1, 0.15) is 41.3 Å². The summed E-state index contributed by atoms with van der Waals surface area (Å²) in [5.41, 5.74) is 3.21. The highest BCUT2D eigenvalue weighted by atomic mass is 32.1. The standard InChI is InChI=1S/C17H22N2O2S/c1-12(21-2)16-19-14(10-22-16)9-18-17(11-20)8-7-13-5-3-4-6-15(13)17/h3-6,10,12,18,20H,7-9,11H2,1-2H3. The third-order valence-corrected chi connectivity index (χ3v) is 5.56. The number of aryl methyl sites for hydroxylation is 1. The van der Waals surface area contributed by atoms with Crippen molar-refractivity contribution in [1.82, 2.24) is 10.3 Å². The molecule has 1 aliphatic carbocycles. The lowest BCUT2D eigenvalue weighted by Crippen LogP contribution is -2.43. The molecule has 3 rings (SSSR count). The molecule has 0 saturated heterocycles. The van der Waals surface area contributed by atoms with Gasteiger partial charge in [-0.1, -0.05) is 24.3 Å². The number of aliphatic hydroxyl groups excluding tert-OH is 1. The molecular weight excluding hydrogens is 296 g/mol. The zero-order chi connectivity index (χ0) is 15.6. The van der Waals surface area contributed by atoms with Crippen LogP contribution in [0.15, 0.2) is 29.6 Å². The Labute approximate surface area is 135 Å². The lowest BCUT2D eigenvalue weighted by Gasteiger charge is -2.29. The zero-order valence-electron chi connectivity index (χ0n) is 13.0. The molecule has 4 nitrogen and oxygen atoms in total. The minimum atomic E-state index is -0.340. The summed E-state index contributed by atoms with van der Waals surface area (Å²) in [6, 6.07) is 8.36. The van der Waals surface area contributed by atoms with E-state index >= 15 is 0 Å². The van der Waals surface area contributed by atoms with Gasteiger partial charge in [0, 0.05) is 19.0 Å². The average molecular weight is 318 g/mol. The van der Waals surface area contributed by atoms with E-state index in [0.29, 0.717) is 6.54 Å². The molecule has 5 heteroatoms. The van der Waals surface area contributed by atoms with Crippen molar-refractivity contribution in [3.8, 4) is 0 Å². The van der Waals surface area contributed by atoms with Crippen LogP contribution in [0.25, 0.3) is 0 Å². The van der Waals surface area contributed by atoms with E-state index in [2.05, 4.69) is 33.9 Å². The van der Waals surface area contributed by atoms with E-state index in [1.54, 1.807) is 18.4 Å². The van der Waals surface area contributed by atoms with Crippen LogP contribution in [0.2, 0.25) is 0 Å². The zero-order valence-corrected chi connectivity index (χ0v) is 13.8. The maximum atomic E-state index is 9.97. The van der Waals surface area contributed by atoms with Crippen LogP contribution in [0.3, 0.4) is 0 Å². The monoisotopic (exact) mass is 318 g/mol.